The summed E-state index contributed by atoms with van der Waals surface area (Å²) in [6.45, 7) is 16.3. The van der Waals surface area contributed by atoms with E-state index < -0.39 is 28.0 Å². The van der Waals surface area contributed by atoms with Crippen molar-refractivity contribution in [1.29, 1.82) is 0 Å². The number of esters is 2. The third-order valence-corrected chi connectivity index (χ3v) is 9.30. The van der Waals surface area contributed by atoms with Crippen molar-refractivity contribution in [2.24, 2.45) is 10.8 Å². The number of hydrogen-bond donors (Lipinski definition) is 0. The lowest BCUT2D eigenvalue weighted by atomic mass is 9.66. The SMILES string of the molecule is Cc1ccc2c(c1)OC(C)(c1ccc(C)cc1OC(=O)C13CC[C@@](C)(C(=O)O1)C3(C)C)CC2(C)C. The van der Waals surface area contributed by atoms with Crippen LogP contribution in [0.2, 0.25) is 0 Å². The van der Waals surface area contributed by atoms with Crippen molar-refractivity contribution < 1.29 is 23.8 Å². The molecule has 3 aliphatic rings. The van der Waals surface area contributed by atoms with Gasteiger partial charge in [0.2, 0.25) is 5.60 Å². The molecular weight excluding hydrogens is 440 g/mol. The van der Waals surface area contributed by atoms with E-state index in [2.05, 4.69) is 45.9 Å². The number of aryl methyl sites for hydroxylation is 2. The van der Waals surface area contributed by atoms with Crippen molar-refractivity contribution in [3.8, 4) is 11.5 Å². The molecule has 0 N–H and O–H groups in total. The van der Waals surface area contributed by atoms with E-state index >= 15 is 0 Å². The summed E-state index contributed by atoms with van der Waals surface area (Å²) in [6.07, 6.45) is 1.79. The fraction of sp³-hybridized carbons (Fsp3) is 0.533. The average molecular weight is 477 g/mol. The Kier molecular flexibility index (Phi) is 4.86. The molecule has 0 aromatic heterocycles. The first-order valence-corrected chi connectivity index (χ1v) is 12.5. The fourth-order valence-corrected chi connectivity index (χ4v) is 6.68. The second-order valence-electron chi connectivity index (χ2n) is 12.5. The minimum atomic E-state index is -1.28. The second kappa shape index (κ2) is 7.11. The maximum absolute atomic E-state index is 13.8. The van der Waals surface area contributed by atoms with Gasteiger partial charge < -0.3 is 14.2 Å². The van der Waals surface area contributed by atoms with E-state index in [4.69, 9.17) is 14.2 Å². The van der Waals surface area contributed by atoms with E-state index in [-0.39, 0.29) is 11.4 Å². The van der Waals surface area contributed by atoms with Gasteiger partial charge in [-0.1, -0.05) is 52.0 Å². The molecule has 35 heavy (non-hydrogen) atoms. The second-order valence-corrected chi connectivity index (χ2v) is 12.5. The van der Waals surface area contributed by atoms with Gasteiger partial charge in [0, 0.05) is 17.4 Å². The zero-order valence-electron chi connectivity index (χ0n) is 22.1. The third kappa shape index (κ3) is 3.12. The van der Waals surface area contributed by atoms with Crippen LogP contribution in [0.25, 0.3) is 0 Å². The van der Waals surface area contributed by atoms with Crippen molar-refractivity contribution in [2.75, 3.05) is 0 Å². The van der Waals surface area contributed by atoms with Gasteiger partial charge in [0.15, 0.2) is 0 Å². The van der Waals surface area contributed by atoms with Crippen LogP contribution in [0.1, 0.15) is 83.1 Å². The summed E-state index contributed by atoms with van der Waals surface area (Å²) < 4.78 is 18.6. The van der Waals surface area contributed by atoms with Crippen LogP contribution >= 0.6 is 0 Å². The smallest absolute Gasteiger partial charge is 0.356 e. The van der Waals surface area contributed by atoms with Crippen molar-refractivity contribution in [3.63, 3.8) is 0 Å². The highest BCUT2D eigenvalue weighted by Crippen LogP contribution is 2.66. The highest BCUT2D eigenvalue weighted by atomic mass is 16.6. The summed E-state index contributed by atoms with van der Waals surface area (Å²) in [6, 6.07) is 12.2. The van der Waals surface area contributed by atoms with E-state index in [1.807, 2.05) is 45.9 Å². The first-order valence-electron chi connectivity index (χ1n) is 12.5. The zero-order valence-corrected chi connectivity index (χ0v) is 22.1. The first kappa shape index (κ1) is 23.9. The van der Waals surface area contributed by atoms with Crippen LogP contribution in [0.3, 0.4) is 0 Å². The van der Waals surface area contributed by atoms with Gasteiger partial charge in [0.25, 0.3) is 0 Å². The molecule has 5 nitrogen and oxygen atoms in total. The van der Waals surface area contributed by atoms with Gasteiger partial charge in [0.05, 0.1) is 5.41 Å². The highest BCUT2D eigenvalue weighted by molar-refractivity contribution is 5.94. The van der Waals surface area contributed by atoms with Crippen LogP contribution in [0.4, 0.5) is 0 Å². The number of carbonyl (C=O) groups excluding carboxylic acids is 2. The van der Waals surface area contributed by atoms with Gasteiger partial charge >= 0.3 is 11.9 Å². The van der Waals surface area contributed by atoms with Crippen LogP contribution in [0, 0.1) is 24.7 Å². The van der Waals surface area contributed by atoms with Crippen molar-refractivity contribution in [2.45, 2.75) is 91.3 Å². The van der Waals surface area contributed by atoms with Crippen LogP contribution in [0.5, 0.6) is 11.5 Å². The molecule has 0 spiro atoms. The molecule has 3 atom stereocenters. The summed E-state index contributed by atoms with van der Waals surface area (Å²) in [5, 5.41) is 0. The molecule has 0 amide bonds. The van der Waals surface area contributed by atoms with E-state index in [1.54, 1.807) is 0 Å². The number of carbonyl (C=O) groups is 2. The Morgan fingerprint density at radius 2 is 1.49 bits per heavy atom. The van der Waals surface area contributed by atoms with Crippen molar-refractivity contribution >= 4 is 11.9 Å². The van der Waals surface area contributed by atoms with Crippen molar-refractivity contribution in [1.82, 2.24) is 0 Å². The van der Waals surface area contributed by atoms with Gasteiger partial charge in [-0.2, -0.15) is 0 Å². The Morgan fingerprint density at radius 3 is 2.09 bits per heavy atom. The predicted octanol–water partition coefficient (Wildman–Crippen LogP) is 6.31. The maximum atomic E-state index is 13.8. The first-order chi connectivity index (χ1) is 16.2. The zero-order chi connectivity index (χ0) is 25.6. The number of benzene rings is 2. The Hall–Kier alpha value is -2.82. The third-order valence-electron chi connectivity index (χ3n) is 9.30. The molecular formula is C30H36O5. The Bertz CT molecular complexity index is 1260. The van der Waals surface area contributed by atoms with Crippen LogP contribution < -0.4 is 9.47 Å². The Labute approximate surface area is 208 Å². The quantitative estimate of drug-likeness (QED) is 0.384. The highest BCUT2D eigenvalue weighted by Gasteiger charge is 2.76. The molecule has 2 aliphatic heterocycles. The largest absolute Gasteiger partial charge is 0.482 e. The summed E-state index contributed by atoms with van der Waals surface area (Å²) in [5.41, 5.74) is 0.612. The molecule has 2 bridgehead atoms. The van der Waals surface area contributed by atoms with Gasteiger partial charge in [-0.05, 0) is 74.8 Å². The predicted molar refractivity (Wildman–Crippen MR) is 134 cm³/mol. The number of rotatable bonds is 3. The van der Waals surface area contributed by atoms with E-state index in [9.17, 15) is 9.59 Å². The molecule has 1 saturated heterocycles. The molecule has 1 aliphatic carbocycles. The molecule has 2 unspecified atom stereocenters. The average Bonchev–Trinajstić information content (AvgIpc) is 3.03. The maximum Gasteiger partial charge on any atom is 0.356 e. The summed E-state index contributed by atoms with van der Waals surface area (Å²) in [7, 11) is 0. The fourth-order valence-electron chi connectivity index (χ4n) is 6.68. The molecule has 186 valence electrons. The molecule has 1 saturated carbocycles. The van der Waals surface area contributed by atoms with Crippen LogP contribution in [0.15, 0.2) is 36.4 Å². The Balaban J connectivity index is 1.55. The summed E-state index contributed by atoms with van der Waals surface area (Å²) in [5.74, 6) is 0.508. The van der Waals surface area contributed by atoms with E-state index in [0.29, 0.717) is 25.0 Å². The summed E-state index contributed by atoms with van der Waals surface area (Å²) >= 11 is 0. The van der Waals surface area contributed by atoms with Gasteiger partial charge in [0.1, 0.15) is 17.1 Å². The van der Waals surface area contributed by atoms with Gasteiger partial charge in [-0.15, -0.1) is 0 Å². The van der Waals surface area contributed by atoms with E-state index in [0.717, 1.165) is 22.4 Å². The minimum absolute atomic E-state index is 0.142. The lowest BCUT2D eigenvalue weighted by molar-refractivity contribution is -0.176. The number of ether oxygens (including phenoxy) is 3. The topological polar surface area (TPSA) is 61.8 Å². The molecule has 5 heteroatoms. The van der Waals surface area contributed by atoms with Gasteiger partial charge in [-0.25, -0.2) is 4.79 Å². The number of hydrogen-bond acceptors (Lipinski definition) is 5. The minimum Gasteiger partial charge on any atom is -0.482 e. The van der Waals surface area contributed by atoms with Crippen LogP contribution in [-0.4, -0.2) is 17.5 Å². The lowest BCUT2D eigenvalue weighted by Gasteiger charge is -2.45. The molecule has 2 fully saturated rings. The monoisotopic (exact) mass is 476 g/mol. The van der Waals surface area contributed by atoms with Crippen molar-refractivity contribution in [3.05, 3.63) is 58.7 Å². The molecule has 2 heterocycles. The molecule has 5 rings (SSSR count). The molecule has 2 aromatic carbocycles. The van der Waals surface area contributed by atoms with Gasteiger partial charge in [-0.3, -0.25) is 4.79 Å². The van der Waals surface area contributed by atoms with E-state index in [1.165, 1.54) is 5.56 Å². The van der Waals surface area contributed by atoms with Crippen LogP contribution in [-0.2, 0) is 25.3 Å². The number of fused-ring (bicyclic) bond motifs is 3. The molecule has 2 aromatic rings. The normalized spacial score (nSPS) is 31.9. The summed E-state index contributed by atoms with van der Waals surface area (Å²) in [4.78, 5) is 26.5. The Morgan fingerprint density at radius 1 is 0.857 bits per heavy atom. The standard InChI is InChI=1S/C30H36O5/c1-18-10-12-21(29(8)17-26(3,4)20-11-9-19(2)16-23(20)34-29)22(15-18)33-25(32)30-14-13-28(7,24(31)35-30)27(30,5)6/h9-12,15-16H,13-14,17H2,1-8H3/t28-,29?,30?/m0/s1. The molecule has 0 radical (unpaired) electrons. The lowest BCUT2D eigenvalue weighted by Crippen LogP contribution is -2.50.